The van der Waals surface area contributed by atoms with E-state index in [2.05, 4.69) is 15.9 Å². The van der Waals surface area contributed by atoms with Gasteiger partial charge in [0.1, 0.15) is 23.7 Å². The summed E-state index contributed by atoms with van der Waals surface area (Å²) in [6.07, 6.45) is 1.52. The molecule has 8 heteroatoms. The first-order valence-electron chi connectivity index (χ1n) is 8.26. The maximum absolute atomic E-state index is 13.0. The number of nitrogens with zero attached hydrogens (tertiary/aromatic N) is 2. The average Bonchev–Trinajstić information content (AvgIpc) is 2.69. The lowest BCUT2D eigenvalue weighted by Gasteiger charge is -2.31. The van der Waals surface area contributed by atoms with Crippen LogP contribution in [0, 0.1) is 5.82 Å². The zero-order chi connectivity index (χ0) is 20.4. The number of hydrogen-bond acceptors (Lipinski definition) is 4. The maximum Gasteiger partial charge on any atom is 0.265 e. The smallest absolute Gasteiger partial charge is 0.265 e. The van der Waals surface area contributed by atoms with Crippen molar-refractivity contribution in [3.8, 4) is 5.75 Å². The molecule has 0 radical (unpaired) electrons. The van der Waals surface area contributed by atoms with Gasteiger partial charge in [0.25, 0.3) is 11.8 Å². The molecular formula is C20H16BrFN2O3S. The normalized spacial score (nSPS) is 14.6. The van der Waals surface area contributed by atoms with E-state index in [1.54, 1.807) is 30.3 Å². The minimum absolute atomic E-state index is 0.0329. The summed E-state index contributed by atoms with van der Waals surface area (Å²) in [6.45, 7) is 0.281. The fourth-order valence-corrected chi connectivity index (χ4v) is 3.28. The van der Waals surface area contributed by atoms with Crippen molar-refractivity contribution in [1.82, 2.24) is 9.80 Å². The lowest BCUT2D eigenvalue weighted by atomic mass is 10.1. The summed E-state index contributed by atoms with van der Waals surface area (Å²) in [4.78, 5) is 27.3. The van der Waals surface area contributed by atoms with E-state index in [9.17, 15) is 14.0 Å². The largest absolute Gasteiger partial charge is 0.488 e. The molecule has 3 rings (SSSR count). The minimum atomic E-state index is -0.444. The van der Waals surface area contributed by atoms with Gasteiger partial charge in [0.2, 0.25) is 0 Å². The third kappa shape index (κ3) is 4.13. The quantitative estimate of drug-likeness (QED) is 0.394. The van der Waals surface area contributed by atoms with Crippen LogP contribution in [-0.4, -0.2) is 40.8 Å². The molecule has 28 heavy (non-hydrogen) atoms. The van der Waals surface area contributed by atoms with Crippen molar-refractivity contribution in [2.75, 3.05) is 14.1 Å². The van der Waals surface area contributed by atoms with Crippen LogP contribution < -0.4 is 4.74 Å². The lowest BCUT2D eigenvalue weighted by Crippen LogP contribution is -2.52. The molecule has 1 saturated heterocycles. The fraction of sp³-hybridized carbons (Fsp3) is 0.150. The first kappa shape index (κ1) is 20.2. The molecule has 1 aliphatic heterocycles. The second-order valence-corrected chi connectivity index (χ2v) is 7.39. The van der Waals surface area contributed by atoms with E-state index < -0.39 is 11.8 Å². The number of amides is 2. The van der Waals surface area contributed by atoms with E-state index in [1.165, 1.54) is 42.1 Å². The molecule has 0 spiro atoms. The molecular weight excluding hydrogens is 447 g/mol. The molecule has 2 amide bonds. The van der Waals surface area contributed by atoms with Gasteiger partial charge in [0.05, 0.1) is 4.47 Å². The molecule has 0 aliphatic carbocycles. The van der Waals surface area contributed by atoms with E-state index in [0.29, 0.717) is 15.8 Å². The summed E-state index contributed by atoms with van der Waals surface area (Å²) in [7, 11) is 3.06. The third-order valence-corrected chi connectivity index (χ3v) is 5.39. The molecule has 0 N–H and O–H groups in total. The van der Waals surface area contributed by atoms with Gasteiger partial charge in [0.15, 0.2) is 5.11 Å². The van der Waals surface area contributed by atoms with E-state index in [-0.39, 0.29) is 23.1 Å². The first-order valence-corrected chi connectivity index (χ1v) is 9.46. The second kappa shape index (κ2) is 8.20. The molecule has 5 nitrogen and oxygen atoms in total. The monoisotopic (exact) mass is 462 g/mol. The van der Waals surface area contributed by atoms with E-state index >= 15 is 0 Å². The van der Waals surface area contributed by atoms with Gasteiger partial charge < -0.3 is 4.74 Å². The van der Waals surface area contributed by atoms with E-state index in [1.807, 2.05) is 0 Å². The molecule has 2 aromatic carbocycles. The van der Waals surface area contributed by atoms with Crippen molar-refractivity contribution >= 4 is 51.2 Å². The lowest BCUT2D eigenvalue weighted by molar-refractivity contribution is -0.132. The van der Waals surface area contributed by atoms with Gasteiger partial charge in [-0.25, -0.2) is 4.39 Å². The molecule has 0 bridgehead atoms. The average molecular weight is 463 g/mol. The maximum atomic E-state index is 13.0. The van der Waals surface area contributed by atoms with Crippen LogP contribution in [0.1, 0.15) is 11.1 Å². The molecule has 144 valence electrons. The summed E-state index contributed by atoms with van der Waals surface area (Å²) in [5.41, 5.74) is 1.53. The van der Waals surface area contributed by atoms with Crippen molar-refractivity contribution < 1.29 is 18.7 Å². The van der Waals surface area contributed by atoms with Gasteiger partial charge in [-0.1, -0.05) is 18.2 Å². The Bertz CT molecular complexity index is 965. The Hall–Kier alpha value is -2.58. The number of hydrogen-bond donors (Lipinski definition) is 0. The Morgan fingerprint density at radius 3 is 2.25 bits per heavy atom. The molecule has 1 aliphatic rings. The van der Waals surface area contributed by atoms with Crippen molar-refractivity contribution in [3.63, 3.8) is 0 Å². The number of carbonyl (C=O) groups excluding carboxylic acids is 2. The highest BCUT2D eigenvalue weighted by Crippen LogP contribution is 2.28. The second-order valence-electron chi connectivity index (χ2n) is 6.17. The SMILES string of the molecule is CN1C(=O)C(=Cc2ccc(OCc3ccc(F)cc3)c(Br)c2)C(=O)N(C)C1=S. The van der Waals surface area contributed by atoms with Crippen LogP contribution in [0.25, 0.3) is 6.08 Å². The van der Waals surface area contributed by atoms with E-state index in [0.717, 1.165) is 5.56 Å². The van der Waals surface area contributed by atoms with Crippen molar-refractivity contribution in [1.29, 1.82) is 0 Å². The number of carbonyl (C=O) groups is 2. The molecule has 0 saturated carbocycles. The van der Waals surface area contributed by atoms with Crippen LogP contribution in [0.4, 0.5) is 4.39 Å². The summed E-state index contributed by atoms with van der Waals surface area (Å²) in [5.74, 6) is -0.601. The van der Waals surface area contributed by atoms with Gasteiger partial charge in [0, 0.05) is 14.1 Å². The van der Waals surface area contributed by atoms with Gasteiger partial charge in [-0.05, 0) is 69.6 Å². The summed E-state index contributed by atoms with van der Waals surface area (Å²) in [5, 5.41) is 0.165. The molecule has 0 atom stereocenters. The fourth-order valence-electron chi connectivity index (χ4n) is 2.61. The Morgan fingerprint density at radius 1 is 1.07 bits per heavy atom. The Kier molecular flexibility index (Phi) is 5.90. The number of likely N-dealkylation sites (N-methyl/N-ethyl adjacent to an activating group) is 2. The minimum Gasteiger partial charge on any atom is -0.488 e. The standard InChI is InChI=1S/C20H16BrFN2O3S/c1-23-18(25)15(19(26)24(2)20(23)28)9-13-5-8-17(16(21)10-13)27-11-12-3-6-14(22)7-4-12/h3-10H,11H2,1-2H3. The van der Waals surface area contributed by atoms with Crippen molar-refractivity contribution in [3.05, 3.63) is 69.5 Å². The van der Waals surface area contributed by atoms with Crippen LogP contribution in [0.2, 0.25) is 0 Å². The molecule has 1 fully saturated rings. The first-order chi connectivity index (χ1) is 13.3. The van der Waals surface area contributed by atoms with Gasteiger partial charge in [-0.2, -0.15) is 0 Å². The van der Waals surface area contributed by atoms with E-state index in [4.69, 9.17) is 17.0 Å². The van der Waals surface area contributed by atoms with Gasteiger partial charge >= 0.3 is 0 Å². The summed E-state index contributed by atoms with van der Waals surface area (Å²) < 4.78 is 19.4. The third-order valence-electron chi connectivity index (χ3n) is 4.22. The topological polar surface area (TPSA) is 49.9 Å². The number of ether oxygens (including phenoxy) is 1. The Balaban J connectivity index is 1.79. The van der Waals surface area contributed by atoms with Crippen LogP contribution in [-0.2, 0) is 16.2 Å². The highest BCUT2D eigenvalue weighted by molar-refractivity contribution is 9.10. The number of benzene rings is 2. The van der Waals surface area contributed by atoms with Crippen LogP contribution in [0.15, 0.2) is 52.5 Å². The number of thiocarbonyl (C=S) groups is 1. The number of rotatable bonds is 4. The number of halogens is 2. The highest BCUT2D eigenvalue weighted by atomic mass is 79.9. The highest BCUT2D eigenvalue weighted by Gasteiger charge is 2.35. The zero-order valence-electron chi connectivity index (χ0n) is 15.1. The van der Waals surface area contributed by atoms with Gasteiger partial charge in [-0.15, -0.1) is 0 Å². The predicted molar refractivity (Wildman–Crippen MR) is 111 cm³/mol. The Morgan fingerprint density at radius 2 is 1.68 bits per heavy atom. The zero-order valence-corrected chi connectivity index (χ0v) is 17.5. The van der Waals surface area contributed by atoms with Crippen molar-refractivity contribution in [2.24, 2.45) is 0 Å². The van der Waals surface area contributed by atoms with Crippen LogP contribution >= 0.6 is 28.1 Å². The van der Waals surface area contributed by atoms with Crippen molar-refractivity contribution in [2.45, 2.75) is 6.61 Å². The molecule has 0 aromatic heterocycles. The predicted octanol–water partition coefficient (Wildman–Crippen LogP) is 3.77. The van der Waals surface area contributed by atoms with Crippen LogP contribution in [0.3, 0.4) is 0 Å². The summed E-state index contributed by atoms with van der Waals surface area (Å²) in [6, 6.07) is 11.3. The van der Waals surface area contributed by atoms with Gasteiger partial charge in [-0.3, -0.25) is 19.4 Å². The molecule has 2 aromatic rings. The van der Waals surface area contributed by atoms with Crippen LogP contribution in [0.5, 0.6) is 5.75 Å². The molecule has 0 unspecified atom stereocenters. The molecule has 1 heterocycles. The Labute approximate surface area is 175 Å². The summed E-state index contributed by atoms with van der Waals surface area (Å²) >= 11 is 8.51.